The second kappa shape index (κ2) is 4.41. The number of fused-ring (bicyclic) bond motifs is 1. The lowest BCUT2D eigenvalue weighted by molar-refractivity contribution is 0.415. The number of H-pyrrole nitrogens is 1. The zero-order chi connectivity index (χ0) is 12.6. The molecule has 0 aliphatic heterocycles. The summed E-state index contributed by atoms with van der Waals surface area (Å²) >= 11 is 0. The highest BCUT2D eigenvalue weighted by Gasteiger charge is 2.15. The number of aromatic nitrogens is 1. The first kappa shape index (κ1) is 12.0. The zero-order valence-electron chi connectivity index (χ0n) is 10.9. The SMILES string of the molecule is COc1cc(C)c2[nH]c(CN)c(C(C)C)c2c1. The van der Waals surface area contributed by atoms with E-state index in [0.717, 1.165) is 11.4 Å². The van der Waals surface area contributed by atoms with Crippen molar-refractivity contribution in [3.8, 4) is 5.75 Å². The number of nitrogens with one attached hydrogen (secondary N) is 1. The van der Waals surface area contributed by atoms with Crippen molar-refractivity contribution in [2.45, 2.75) is 33.2 Å². The van der Waals surface area contributed by atoms with Gasteiger partial charge in [0.15, 0.2) is 0 Å². The summed E-state index contributed by atoms with van der Waals surface area (Å²) in [5, 5.41) is 1.23. The standard InChI is InChI=1S/C14H20N2O/c1-8(2)13-11-6-10(17-4)5-9(3)14(11)16-12(13)7-15/h5-6,8,16H,7,15H2,1-4H3. The highest BCUT2D eigenvalue weighted by Crippen LogP contribution is 2.33. The first-order valence-corrected chi connectivity index (χ1v) is 5.97. The van der Waals surface area contributed by atoms with Gasteiger partial charge in [0.25, 0.3) is 0 Å². The Kier molecular flexibility index (Phi) is 3.11. The maximum absolute atomic E-state index is 5.81. The Bertz CT molecular complexity index is 541. The van der Waals surface area contributed by atoms with Crippen LogP contribution >= 0.6 is 0 Å². The number of aromatic amines is 1. The van der Waals surface area contributed by atoms with E-state index in [0.29, 0.717) is 12.5 Å². The Balaban J connectivity index is 2.80. The molecule has 0 aliphatic carbocycles. The lowest BCUT2D eigenvalue weighted by Gasteiger charge is -2.08. The molecule has 3 heteroatoms. The molecule has 0 atom stereocenters. The molecule has 0 aliphatic rings. The quantitative estimate of drug-likeness (QED) is 0.854. The Morgan fingerprint density at radius 3 is 2.59 bits per heavy atom. The van der Waals surface area contributed by atoms with Gasteiger partial charge in [-0.3, -0.25) is 0 Å². The molecule has 0 saturated heterocycles. The molecule has 0 saturated carbocycles. The normalized spacial score (nSPS) is 11.4. The number of hydrogen-bond donors (Lipinski definition) is 2. The average molecular weight is 232 g/mol. The van der Waals surface area contributed by atoms with Gasteiger partial charge in [0.05, 0.1) is 7.11 Å². The fourth-order valence-electron chi connectivity index (χ4n) is 2.45. The summed E-state index contributed by atoms with van der Waals surface area (Å²) in [6.07, 6.45) is 0. The van der Waals surface area contributed by atoms with Gasteiger partial charge >= 0.3 is 0 Å². The van der Waals surface area contributed by atoms with Gasteiger partial charge in [-0.1, -0.05) is 13.8 Å². The number of ether oxygens (including phenoxy) is 1. The summed E-state index contributed by atoms with van der Waals surface area (Å²) in [5.74, 6) is 1.35. The lowest BCUT2D eigenvalue weighted by Crippen LogP contribution is -2.01. The van der Waals surface area contributed by atoms with E-state index >= 15 is 0 Å². The molecule has 92 valence electrons. The second-order valence-corrected chi connectivity index (χ2v) is 4.74. The number of aryl methyl sites for hydroxylation is 1. The minimum absolute atomic E-state index is 0.453. The molecular weight excluding hydrogens is 212 g/mol. The third kappa shape index (κ3) is 1.91. The fraction of sp³-hybridized carbons (Fsp3) is 0.429. The highest BCUT2D eigenvalue weighted by atomic mass is 16.5. The van der Waals surface area contributed by atoms with Crippen LogP contribution in [0.5, 0.6) is 5.75 Å². The Labute approximate surface area is 102 Å². The zero-order valence-corrected chi connectivity index (χ0v) is 10.9. The molecule has 0 amide bonds. The summed E-state index contributed by atoms with van der Waals surface area (Å²) < 4.78 is 5.34. The van der Waals surface area contributed by atoms with E-state index < -0.39 is 0 Å². The highest BCUT2D eigenvalue weighted by molar-refractivity contribution is 5.89. The van der Waals surface area contributed by atoms with Gasteiger partial charge in [-0.05, 0) is 36.1 Å². The molecule has 0 bridgehead atoms. The van der Waals surface area contributed by atoms with Gasteiger partial charge in [-0.15, -0.1) is 0 Å². The van der Waals surface area contributed by atoms with Crippen molar-refractivity contribution < 1.29 is 4.74 Å². The molecule has 17 heavy (non-hydrogen) atoms. The van der Waals surface area contributed by atoms with Crippen LogP contribution in [0.4, 0.5) is 0 Å². The van der Waals surface area contributed by atoms with Crippen molar-refractivity contribution in [2.24, 2.45) is 5.73 Å². The number of hydrogen-bond acceptors (Lipinski definition) is 2. The van der Waals surface area contributed by atoms with Crippen molar-refractivity contribution >= 4 is 10.9 Å². The monoisotopic (exact) mass is 232 g/mol. The van der Waals surface area contributed by atoms with Crippen LogP contribution in [0.25, 0.3) is 10.9 Å². The Hall–Kier alpha value is -1.48. The van der Waals surface area contributed by atoms with Crippen molar-refractivity contribution in [1.29, 1.82) is 0 Å². The second-order valence-electron chi connectivity index (χ2n) is 4.74. The molecular formula is C14H20N2O. The van der Waals surface area contributed by atoms with Crippen LogP contribution in [0.3, 0.4) is 0 Å². The fourth-order valence-corrected chi connectivity index (χ4v) is 2.45. The van der Waals surface area contributed by atoms with E-state index in [4.69, 9.17) is 10.5 Å². The number of benzene rings is 1. The predicted molar refractivity (Wildman–Crippen MR) is 71.6 cm³/mol. The summed E-state index contributed by atoms with van der Waals surface area (Å²) in [7, 11) is 1.70. The van der Waals surface area contributed by atoms with E-state index in [-0.39, 0.29) is 0 Å². The summed E-state index contributed by atoms with van der Waals surface area (Å²) in [4.78, 5) is 3.43. The third-order valence-electron chi connectivity index (χ3n) is 3.22. The molecule has 1 aromatic heterocycles. The molecule has 3 N–H and O–H groups in total. The van der Waals surface area contributed by atoms with E-state index in [2.05, 4.69) is 31.8 Å². The van der Waals surface area contributed by atoms with Gasteiger partial charge in [0.2, 0.25) is 0 Å². The van der Waals surface area contributed by atoms with Gasteiger partial charge in [0, 0.05) is 23.1 Å². The molecule has 0 radical (unpaired) electrons. The van der Waals surface area contributed by atoms with Gasteiger partial charge in [0.1, 0.15) is 5.75 Å². The van der Waals surface area contributed by atoms with Crippen LogP contribution in [0, 0.1) is 6.92 Å². The van der Waals surface area contributed by atoms with Crippen LogP contribution in [0.1, 0.15) is 36.6 Å². The smallest absolute Gasteiger partial charge is 0.119 e. The first-order valence-electron chi connectivity index (χ1n) is 5.97. The van der Waals surface area contributed by atoms with E-state index in [1.54, 1.807) is 7.11 Å². The molecule has 1 heterocycles. The summed E-state index contributed by atoms with van der Waals surface area (Å²) in [6.45, 7) is 7.02. The van der Waals surface area contributed by atoms with E-state index in [1.807, 2.05) is 6.07 Å². The minimum Gasteiger partial charge on any atom is -0.497 e. The molecule has 3 nitrogen and oxygen atoms in total. The topological polar surface area (TPSA) is 51.0 Å². The average Bonchev–Trinajstić information content (AvgIpc) is 2.67. The summed E-state index contributed by atoms with van der Waals surface area (Å²) in [6, 6.07) is 4.14. The van der Waals surface area contributed by atoms with Gasteiger partial charge < -0.3 is 15.5 Å². The maximum Gasteiger partial charge on any atom is 0.119 e. The first-order chi connectivity index (χ1) is 8.08. The molecule has 0 unspecified atom stereocenters. The summed E-state index contributed by atoms with van der Waals surface area (Å²) in [5.41, 5.74) is 10.6. The van der Waals surface area contributed by atoms with Crippen molar-refractivity contribution in [2.75, 3.05) is 7.11 Å². The maximum atomic E-state index is 5.81. The lowest BCUT2D eigenvalue weighted by atomic mass is 9.98. The molecule has 2 aromatic rings. The van der Waals surface area contributed by atoms with Crippen LogP contribution in [0.2, 0.25) is 0 Å². The largest absolute Gasteiger partial charge is 0.497 e. The molecule has 0 spiro atoms. The van der Waals surface area contributed by atoms with Crippen molar-refractivity contribution in [3.63, 3.8) is 0 Å². The Morgan fingerprint density at radius 1 is 1.35 bits per heavy atom. The number of methoxy groups -OCH3 is 1. The van der Waals surface area contributed by atoms with E-state index in [9.17, 15) is 0 Å². The molecule has 0 fully saturated rings. The van der Waals surface area contributed by atoms with Crippen molar-refractivity contribution in [1.82, 2.24) is 4.98 Å². The molecule has 1 aromatic carbocycles. The number of nitrogens with two attached hydrogens (primary N) is 1. The number of rotatable bonds is 3. The predicted octanol–water partition coefficient (Wildman–Crippen LogP) is 3.07. The van der Waals surface area contributed by atoms with Gasteiger partial charge in [-0.25, -0.2) is 0 Å². The van der Waals surface area contributed by atoms with Gasteiger partial charge in [-0.2, -0.15) is 0 Å². The van der Waals surface area contributed by atoms with Crippen LogP contribution < -0.4 is 10.5 Å². The van der Waals surface area contributed by atoms with Crippen LogP contribution in [-0.2, 0) is 6.54 Å². The molecule has 2 rings (SSSR count). The van der Waals surface area contributed by atoms with Crippen LogP contribution in [0.15, 0.2) is 12.1 Å². The third-order valence-corrected chi connectivity index (χ3v) is 3.22. The van der Waals surface area contributed by atoms with E-state index in [1.165, 1.54) is 22.0 Å². The van der Waals surface area contributed by atoms with Crippen molar-refractivity contribution in [3.05, 3.63) is 29.0 Å². The van der Waals surface area contributed by atoms with Crippen LogP contribution in [-0.4, -0.2) is 12.1 Å². The Morgan fingerprint density at radius 2 is 2.06 bits per heavy atom. The minimum atomic E-state index is 0.453.